The molecule has 4 N–H and O–H groups in total. The lowest BCUT2D eigenvalue weighted by atomic mass is 9.99. The molecule has 0 spiro atoms. The van der Waals surface area contributed by atoms with Gasteiger partial charge in [-0.1, -0.05) is 6.92 Å². The van der Waals surface area contributed by atoms with Gasteiger partial charge in [-0.15, -0.1) is 5.10 Å². The number of rotatable bonds is 2. The molecule has 0 aromatic carbocycles. The number of anilines is 1. The molecule has 0 unspecified atom stereocenters. The lowest BCUT2D eigenvalue weighted by Crippen LogP contribution is -2.30. The Morgan fingerprint density at radius 1 is 1.53 bits per heavy atom. The summed E-state index contributed by atoms with van der Waals surface area (Å²) in [6.45, 7) is 2.40. The quantitative estimate of drug-likeness (QED) is 0.619. The molecular formula is C9H13N5O3. The van der Waals surface area contributed by atoms with Gasteiger partial charge in [-0.3, -0.25) is 14.7 Å². The molecule has 1 aromatic heterocycles. The Kier molecular flexibility index (Phi) is 2.70. The number of nitrogens with zero attached hydrogens (tertiary/aromatic N) is 3. The van der Waals surface area contributed by atoms with Gasteiger partial charge in [0.05, 0.1) is 5.92 Å². The summed E-state index contributed by atoms with van der Waals surface area (Å²) in [6.07, 6.45) is 0. The van der Waals surface area contributed by atoms with Crippen LogP contribution in [0.15, 0.2) is 0 Å². The van der Waals surface area contributed by atoms with Crippen LogP contribution in [-0.4, -0.2) is 50.2 Å². The number of likely N-dealkylation sites (tertiary alicyclic amines) is 1. The summed E-state index contributed by atoms with van der Waals surface area (Å²) in [5, 5.41) is 14.9. The van der Waals surface area contributed by atoms with Crippen LogP contribution in [0.1, 0.15) is 17.5 Å². The van der Waals surface area contributed by atoms with E-state index in [0.717, 1.165) is 0 Å². The fraction of sp³-hybridized carbons (Fsp3) is 0.556. The predicted molar refractivity (Wildman–Crippen MR) is 57.0 cm³/mol. The third-order valence-corrected chi connectivity index (χ3v) is 2.92. The molecule has 0 aliphatic carbocycles. The molecule has 1 aromatic rings. The molecule has 17 heavy (non-hydrogen) atoms. The first-order valence-corrected chi connectivity index (χ1v) is 5.19. The van der Waals surface area contributed by atoms with E-state index in [-0.39, 0.29) is 30.1 Å². The van der Waals surface area contributed by atoms with Crippen LogP contribution in [0.5, 0.6) is 0 Å². The van der Waals surface area contributed by atoms with Gasteiger partial charge in [0.2, 0.25) is 11.8 Å². The first kappa shape index (κ1) is 11.4. The number of hydrogen-bond donors (Lipinski definition) is 3. The Morgan fingerprint density at radius 3 is 2.71 bits per heavy atom. The third-order valence-electron chi connectivity index (χ3n) is 2.92. The van der Waals surface area contributed by atoms with Crippen molar-refractivity contribution in [1.82, 2.24) is 20.1 Å². The molecule has 0 radical (unpaired) electrons. The Hall–Kier alpha value is -2.12. The SMILES string of the molecule is C[C@@H]1CN(C(=O)c2nc(N)n[nH]2)C[C@H]1C(=O)O. The number of hydrogen-bond acceptors (Lipinski definition) is 5. The van der Waals surface area contributed by atoms with E-state index >= 15 is 0 Å². The zero-order valence-electron chi connectivity index (χ0n) is 9.25. The van der Waals surface area contributed by atoms with Gasteiger partial charge in [0, 0.05) is 13.1 Å². The predicted octanol–water partition coefficient (Wildman–Crippen LogP) is -0.820. The molecule has 8 heteroatoms. The number of aromatic nitrogens is 3. The molecule has 1 fully saturated rings. The second kappa shape index (κ2) is 4.04. The maximum absolute atomic E-state index is 11.9. The van der Waals surface area contributed by atoms with E-state index in [2.05, 4.69) is 15.2 Å². The average molecular weight is 239 g/mol. The van der Waals surface area contributed by atoms with Crippen molar-refractivity contribution in [3.8, 4) is 0 Å². The zero-order valence-corrected chi connectivity index (χ0v) is 9.25. The lowest BCUT2D eigenvalue weighted by Gasteiger charge is -2.13. The Balaban J connectivity index is 2.10. The van der Waals surface area contributed by atoms with Crippen molar-refractivity contribution >= 4 is 17.8 Å². The fourth-order valence-electron chi connectivity index (χ4n) is 1.97. The Morgan fingerprint density at radius 2 is 2.24 bits per heavy atom. The normalized spacial score (nSPS) is 23.9. The van der Waals surface area contributed by atoms with Gasteiger partial charge < -0.3 is 15.7 Å². The maximum atomic E-state index is 11.9. The van der Waals surface area contributed by atoms with E-state index in [4.69, 9.17) is 10.8 Å². The van der Waals surface area contributed by atoms with E-state index in [1.54, 1.807) is 6.92 Å². The van der Waals surface area contributed by atoms with E-state index < -0.39 is 11.9 Å². The Labute approximate surface area is 96.8 Å². The van der Waals surface area contributed by atoms with Crippen LogP contribution in [0.4, 0.5) is 5.95 Å². The molecule has 1 saturated heterocycles. The smallest absolute Gasteiger partial charge is 0.308 e. The highest BCUT2D eigenvalue weighted by Crippen LogP contribution is 2.24. The van der Waals surface area contributed by atoms with Crippen molar-refractivity contribution < 1.29 is 14.7 Å². The minimum absolute atomic E-state index is 0.00428. The topological polar surface area (TPSA) is 125 Å². The largest absolute Gasteiger partial charge is 0.481 e. The minimum atomic E-state index is -0.884. The van der Waals surface area contributed by atoms with Crippen molar-refractivity contribution in [3.05, 3.63) is 5.82 Å². The minimum Gasteiger partial charge on any atom is -0.481 e. The molecule has 1 amide bonds. The van der Waals surface area contributed by atoms with Gasteiger partial charge in [-0.05, 0) is 5.92 Å². The number of aliphatic carboxylic acids is 1. The number of aromatic amines is 1. The standard InChI is InChI=1S/C9H13N5O3/c1-4-2-14(3-5(4)8(16)17)7(15)6-11-9(10)13-12-6/h4-5H,2-3H2,1H3,(H,16,17)(H3,10,11,12,13)/t4-,5-/m1/s1. The van der Waals surface area contributed by atoms with Crippen molar-refractivity contribution in [3.63, 3.8) is 0 Å². The summed E-state index contributed by atoms with van der Waals surface area (Å²) >= 11 is 0. The first-order valence-electron chi connectivity index (χ1n) is 5.19. The fourth-order valence-corrected chi connectivity index (χ4v) is 1.97. The molecule has 0 bridgehead atoms. The molecule has 1 aliphatic heterocycles. The van der Waals surface area contributed by atoms with E-state index in [9.17, 15) is 9.59 Å². The van der Waals surface area contributed by atoms with Crippen LogP contribution in [0.2, 0.25) is 0 Å². The van der Waals surface area contributed by atoms with Gasteiger partial charge in [0.1, 0.15) is 0 Å². The maximum Gasteiger partial charge on any atom is 0.308 e. The molecule has 0 saturated carbocycles. The van der Waals surface area contributed by atoms with Crippen molar-refractivity contribution in [2.75, 3.05) is 18.8 Å². The van der Waals surface area contributed by atoms with Crippen LogP contribution >= 0.6 is 0 Å². The van der Waals surface area contributed by atoms with Crippen molar-refractivity contribution in [2.45, 2.75) is 6.92 Å². The number of carboxylic acid groups (broad SMARTS) is 1. The summed E-state index contributed by atoms with van der Waals surface area (Å²) in [5.74, 6) is -1.82. The Bertz CT molecular complexity index is 457. The highest BCUT2D eigenvalue weighted by atomic mass is 16.4. The van der Waals surface area contributed by atoms with Gasteiger partial charge in [0.15, 0.2) is 0 Å². The summed E-state index contributed by atoms with van der Waals surface area (Å²) in [5.41, 5.74) is 5.30. The highest BCUT2D eigenvalue weighted by molar-refractivity contribution is 5.91. The number of nitrogen functional groups attached to an aromatic ring is 1. The van der Waals surface area contributed by atoms with Gasteiger partial charge >= 0.3 is 5.97 Å². The third kappa shape index (κ3) is 2.05. The zero-order chi connectivity index (χ0) is 12.6. The summed E-state index contributed by atoms with van der Waals surface area (Å²) in [6, 6.07) is 0. The van der Waals surface area contributed by atoms with Crippen LogP contribution in [0.3, 0.4) is 0 Å². The van der Waals surface area contributed by atoms with Gasteiger partial charge in [-0.2, -0.15) is 4.98 Å². The summed E-state index contributed by atoms with van der Waals surface area (Å²) in [7, 11) is 0. The number of nitrogens with two attached hydrogens (primary N) is 1. The molecule has 92 valence electrons. The number of H-pyrrole nitrogens is 1. The molecule has 1 aliphatic rings. The average Bonchev–Trinajstić information content (AvgIpc) is 2.83. The van der Waals surface area contributed by atoms with Crippen LogP contribution in [0, 0.1) is 11.8 Å². The molecule has 2 heterocycles. The number of carbonyl (C=O) groups excluding carboxylic acids is 1. The second-order valence-electron chi connectivity index (χ2n) is 4.17. The van der Waals surface area contributed by atoms with Crippen molar-refractivity contribution in [1.29, 1.82) is 0 Å². The van der Waals surface area contributed by atoms with Crippen LogP contribution in [-0.2, 0) is 4.79 Å². The molecular weight excluding hydrogens is 226 g/mol. The molecule has 2 rings (SSSR count). The molecule has 8 nitrogen and oxygen atoms in total. The summed E-state index contributed by atoms with van der Waals surface area (Å²) < 4.78 is 0. The summed E-state index contributed by atoms with van der Waals surface area (Å²) in [4.78, 5) is 28.0. The number of carbonyl (C=O) groups is 2. The number of amides is 1. The number of carboxylic acids is 1. The first-order chi connectivity index (χ1) is 7.99. The van der Waals surface area contributed by atoms with Crippen LogP contribution in [0.25, 0.3) is 0 Å². The second-order valence-corrected chi connectivity index (χ2v) is 4.17. The molecule has 2 atom stereocenters. The van der Waals surface area contributed by atoms with E-state index in [1.807, 2.05) is 0 Å². The van der Waals surface area contributed by atoms with E-state index in [1.165, 1.54) is 4.90 Å². The van der Waals surface area contributed by atoms with Crippen LogP contribution < -0.4 is 5.73 Å². The lowest BCUT2D eigenvalue weighted by molar-refractivity contribution is -0.142. The number of nitrogens with one attached hydrogen (secondary N) is 1. The van der Waals surface area contributed by atoms with Crippen molar-refractivity contribution in [2.24, 2.45) is 11.8 Å². The van der Waals surface area contributed by atoms with E-state index in [0.29, 0.717) is 6.54 Å². The van der Waals surface area contributed by atoms with Gasteiger partial charge in [0.25, 0.3) is 5.91 Å². The van der Waals surface area contributed by atoms with Gasteiger partial charge in [-0.25, -0.2) is 0 Å². The highest BCUT2D eigenvalue weighted by Gasteiger charge is 2.37. The monoisotopic (exact) mass is 239 g/mol.